The Kier molecular flexibility index (Phi) is 4.30. The summed E-state index contributed by atoms with van der Waals surface area (Å²) in [6.07, 6.45) is 0.563. The Labute approximate surface area is 119 Å². The molecule has 1 aliphatic rings. The average molecular weight is 292 g/mol. The molecule has 110 valence electrons. The third kappa shape index (κ3) is 3.24. The van der Waals surface area contributed by atoms with E-state index >= 15 is 0 Å². The van der Waals surface area contributed by atoms with Crippen LogP contribution < -0.4 is 4.90 Å². The Hall–Kier alpha value is -2.73. The van der Waals surface area contributed by atoms with Gasteiger partial charge in [-0.05, 0) is 6.07 Å². The number of nitrogens with zero attached hydrogens (tertiary/aromatic N) is 4. The Morgan fingerprint density at radius 2 is 2.48 bits per heavy atom. The van der Waals surface area contributed by atoms with Crippen LogP contribution in [0.4, 0.5) is 11.5 Å². The molecule has 0 spiro atoms. The van der Waals surface area contributed by atoms with Crippen molar-refractivity contribution in [3.8, 4) is 6.07 Å². The average Bonchev–Trinajstić information content (AvgIpc) is 2.45. The standard InChI is InChI=1S/C12H12N4O5/c13-6-8-1-2-14-12(11(8)16(19)20)15-3-4-21-9(7-15)5-10(17)18/h1-2,9H,3-5,7H2,(H,17,18). The molecule has 0 amide bonds. The van der Waals surface area contributed by atoms with Gasteiger partial charge in [0.25, 0.3) is 0 Å². The van der Waals surface area contributed by atoms with Gasteiger partial charge in [-0.1, -0.05) is 0 Å². The van der Waals surface area contributed by atoms with Crippen molar-refractivity contribution >= 4 is 17.5 Å². The molecule has 1 atom stereocenters. The second-order valence-electron chi connectivity index (χ2n) is 4.44. The number of aromatic nitrogens is 1. The maximum Gasteiger partial charge on any atom is 0.329 e. The first-order chi connectivity index (χ1) is 10.0. The van der Waals surface area contributed by atoms with E-state index in [9.17, 15) is 14.9 Å². The molecule has 0 aromatic carbocycles. The number of ether oxygens (including phenoxy) is 1. The molecule has 21 heavy (non-hydrogen) atoms. The molecule has 1 unspecified atom stereocenters. The number of rotatable bonds is 4. The molecule has 1 aliphatic heterocycles. The van der Waals surface area contributed by atoms with Gasteiger partial charge in [-0.2, -0.15) is 5.26 Å². The predicted octanol–water partition coefficient (Wildman–Crippen LogP) is 0.541. The number of carbonyl (C=O) groups is 1. The fourth-order valence-electron chi connectivity index (χ4n) is 2.17. The highest BCUT2D eigenvalue weighted by molar-refractivity contribution is 5.68. The minimum absolute atomic E-state index is 0.0674. The van der Waals surface area contributed by atoms with Crippen LogP contribution in [0.1, 0.15) is 12.0 Å². The molecule has 2 rings (SSSR count). The number of anilines is 1. The third-order valence-electron chi connectivity index (χ3n) is 3.05. The molecule has 9 heteroatoms. The van der Waals surface area contributed by atoms with Gasteiger partial charge in [0.1, 0.15) is 11.6 Å². The van der Waals surface area contributed by atoms with Crippen LogP contribution in [0.5, 0.6) is 0 Å². The van der Waals surface area contributed by atoms with Crippen molar-refractivity contribution in [3.05, 3.63) is 27.9 Å². The number of nitriles is 1. The van der Waals surface area contributed by atoms with Gasteiger partial charge in [0.2, 0.25) is 5.82 Å². The van der Waals surface area contributed by atoms with E-state index in [2.05, 4.69) is 4.98 Å². The van der Waals surface area contributed by atoms with Crippen molar-refractivity contribution in [3.63, 3.8) is 0 Å². The zero-order chi connectivity index (χ0) is 15.4. The number of carboxylic acids is 1. The third-order valence-corrected chi connectivity index (χ3v) is 3.05. The van der Waals surface area contributed by atoms with E-state index in [0.29, 0.717) is 6.54 Å². The molecule has 2 heterocycles. The molecule has 1 saturated heterocycles. The van der Waals surface area contributed by atoms with Crippen molar-refractivity contribution < 1.29 is 19.6 Å². The van der Waals surface area contributed by atoms with Crippen LogP contribution in [0, 0.1) is 21.4 Å². The molecule has 1 aromatic rings. The summed E-state index contributed by atoms with van der Waals surface area (Å²) in [4.78, 5) is 26.8. The Morgan fingerprint density at radius 3 is 3.10 bits per heavy atom. The highest BCUT2D eigenvalue weighted by Crippen LogP contribution is 2.30. The molecule has 9 nitrogen and oxygen atoms in total. The molecule has 0 bridgehead atoms. The van der Waals surface area contributed by atoms with E-state index in [1.165, 1.54) is 12.3 Å². The molecule has 0 aliphatic carbocycles. The van der Waals surface area contributed by atoms with Crippen LogP contribution in [0.25, 0.3) is 0 Å². The van der Waals surface area contributed by atoms with Crippen molar-refractivity contribution in [1.29, 1.82) is 5.26 Å². The summed E-state index contributed by atoms with van der Waals surface area (Å²) in [6, 6.07) is 3.04. The van der Waals surface area contributed by atoms with Crippen LogP contribution in [-0.4, -0.2) is 46.8 Å². The summed E-state index contributed by atoms with van der Waals surface area (Å²) >= 11 is 0. The van der Waals surface area contributed by atoms with Crippen LogP contribution in [0.15, 0.2) is 12.3 Å². The minimum atomic E-state index is -1.00. The van der Waals surface area contributed by atoms with Crippen molar-refractivity contribution in [1.82, 2.24) is 4.98 Å². The SMILES string of the molecule is N#Cc1ccnc(N2CCOC(CC(=O)O)C2)c1[N+](=O)[O-]. The van der Waals surface area contributed by atoms with Gasteiger partial charge in [0.15, 0.2) is 0 Å². The molecule has 1 N–H and O–H groups in total. The van der Waals surface area contributed by atoms with Gasteiger partial charge >= 0.3 is 11.7 Å². The first kappa shape index (κ1) is 14.7. The van der Waals surface area contributed by atoms with Crippen molar-refractivity contribution in [2.24, 2.45) is 0 Å². The Balaban J connectivity index is 2.31. The topological polar surface area (TPSA) is 130 Å². The quantitative estimate of drug-likeness (QED) is 0.628. The largest absolute Gasteiger partial charge is 0.481 e. The van der Waals surface area contributed by atoms with E-state index in [4.69, 9.17) is 15.1 Å². The zero-order valence-corrected chi connectivity index (χ0v) is 10.9. The van der Waals surface area contributed by atoms with E-state index < -0.39 is 17.0 Å². The van der Waals surface area contributed by atoms with Crippen LogP contribution in [0.3, 0.4) is 0 Å². The van der Waals surface area contributed by atoms with Crippen molar-refractivity contribution in [2.45, 2.75) is 12.5 Å². The summed E-state index contributed by atoms with van der Waals surface area (Å²) in [6.45, 7) is 0.765. The number of hydrogen-bond acceptors (Lipinski definition) is 7. The van der Waals surface area contributed by atoms with Crippen LogP contribution >= 0.6 is 0 Å². The van der Waals surface area contributed by atoms with Crippen molar-refractivity contribution in [2.75, 3.05) is 24.6 Å². The van der Waals surface area contributed by atoms with Crippen LogP contribution in [-0.2, 0) is 9.53 Å². The van der Waals surface area contributed by atoms with E-state index in [0.717, 1.165) is 0 Å². The van der Waals surface area contributed by atoms with Crippen LogP contribution in [0.2, 0.25) is 0 Å². The monoisotopic (exact) mass is 292 g/mol. The lowest BCUT2D eigenvalue weighted by Crippen LogP contribution is -2.44. The lowest BCUT2D eigenvalue weighted by molar-refractivity contribution is -0.384. The zero-order valence-electron chi connectivity index (χ0n) is 10.9. The van der Waals surface area contributed by atoms with Gasteiger partial charge in [-0.25, -0.2) is 4.98 Å². The van der Waals surface area contributed by atoms with E-state index in [1.54, 1.807) is 11.0 Å². The van der Waals surface area contributed by atoms with Gasteiger partial charge in [0.05, 0.1) is 24.1 Å². The number of pyridine rings is 1. The predicted molar refractivity (Wildman–Crippen MR) is 69.8 cm³/mol. The second-order valence-corrected chi connectivity index (χ2v) is 4.44. The molecular formula is C12H12N4O5. The maximum atomic E-state index is 11.2. The highest BCUT2D eigenvalue weighted by atomic mass is 16.6. The van der Waals surface area contributed by atoms with E-state index in [1.807, 2.05) is 0 Å². The molecule has 0 radical (unpaired) electrons. The number of aliphatic carboxylic acids is 1. The summed E-state index contributed by atoms with van der Waals surface area (Å²) in [5.74, 6) is -0.937. The first-order valence-electron chi connectivity index (χ1n) is 6.14. The second kappa shape index (κ2) is 6.15. The highest BCUT2D eigenvalue weighted by Gasteiger charge is 2.30. The number of hydrogen-bond donors (Lipinski definition) is 1. The van der Waals surface area contributed by atoms with Gasteiger partial charge in [-0.15, -0.1) is 0 Å². The van der Waals surface area contributed by atoms with Gasteiger partial charge in [-0.3, -0.25) is 14.9 Å². The molecule has 1 aromatic heterocycles. The summed E-state index contributed by atoms with van der Waals surface area (Å²) in [5, 5.41) is 28.9. The number of nitro groups is 1. The normalized spacial score (nSPS) is 18.0. The lowest BCUT2D eigenvalue weighted by Gasteiger charge is -2.32. The fraction of sp³-hybridized carbons (Fsp3) is 0.417. The Bertz CT molecular complexity index is 612. The smallest absolute Gasteiger partial charge is 0.329 e. The Morgan fingerprint density at radius 1 is 1.71 bits per heavy atom. The summed E-state index contributed by atoms with van der Waals surface area (Å²) < 4.78 is 5.31. The summed E-state index contributed by atoms with van der Waals surface area (Å²) in [5.41, 5.74) is -0.442. The molecule has 0 saturated carbocycles. The maximum absolute atomic E-state index is 11.2. The first-order valence-corrected chi connectivity index (χ1v) is 6.14. The molecule has 1 fully saturated rings. The van der Waals surface area contributed by atoms with Gasteiger partial charge in [0, 0.05) is 19.3 Å². The fourth-order valence-corrected chi connectivity index (χ4v) is 2.17. The van der Waals surface area contributed by atoms with E-state index in [-0.39, 0.29) is 36.6 Å². The number of morpholine rings is 1. The van der Waals surface area contributed by atoms with Gasteiger partial charge < -0.3 is 14.7 Å². The molecular weight excluding hydrogens is 280 g/mol. The minimum Gasteiger partial charge on any atom is -0.481 e. The lowest BCUT2D eigenvalue weighted by atomic mass is 10.1. The number of carboxylic acid groups (broad SMARTS) is 1. The summed E-state index contributed by atoms with van der Waals surface area (Å²) in [7, 11) is 0.